The SMILES string of the molecule is Cc1nnc(SCC(=O)O)n1CCC1CCOC1. The number of nitrogens with zero attached hydrogens (tertiary/aromatic N) is 3. The average molecular weight is 271 g/mol. The highest BCUT2D eigenvalue weighted by molar-refractivity contribution is 7.99. The van der Waals surface area contributed by atoms with Crippen molar-refractivity contribution in [3.8, 4) is 0 Å². The molecule has 2 rings (SSSR count). The van der Waals surface area contributed by atoms with Crippen LogP contribution in [-0.2, 0) is 16.1 Å². The van der Waals surface area contributed by atoms with Gasteiger partial charge in [0.15, 0.2) is 5.16 Å². The van der Waals surface area contributed by atoms with Crippen molar-refractivity contribution in [1.29, 1.82) is 0 Å². The Morgan fingerprint density at radius 1 is 1.61 bits per heavy atom. The van der Waals surface area contributed by atoms with Crippen LogP contribution in [0.15, 0.2) is 5.16 Å². The molecular formula is C11H17N3O3S. The molecule has 2 heterocycles. The first-order valence-corrected chi connectivity index (χ1v) is 6.97. The van der Waals surface area contributed by atoms with E-state index < -0.39 is 5.97 Å². The molecule has 1 aliphatic heterocycles. The molecule has 1 atom stereocenters. The van der Waals surface area contributed by atoms with Gasteiger partial charge in [0.05, 0.1) is 5.75 Å². The number of aromatic nitrogens is 3. The van der Waals surface area contributed by atoms with Crippen molar-refractivity contribution in [2.45, 2.75) is 31.5 Å². The highest BCUT2D eigenvalue weighted by Crippen LogP contribution is 2.21. The van der Waals surface area contributed by atoms with E-state index in [1.54, 1.807) is 0 Å². The lowest BCUT2D eigenvalue weighted by atomic mass is 10.1. The van der Waals surface area contributed by atoms with Gasteiger partial charge in [-0.05, 0) is 25.7 Å². The van der Waals surface area contributed by atoms with Crippen molar-refractivity contribution in [3.63, 3.8) is 0 Å². The lowest BCUT2D eigenvalue weighted by molar-refractivity contribution is -0.133. The smallest absolute Gasteiger partial charge is 0.313 e. The Kier molecular flexibility index (Phi) is 4.60. The van der Waals surface area contributed by atoms with Gasteiger partial charge in [0.2, 0.25) is 0 Å². The number of hydrogen-bond donors (Lipinski definition) is 1. The molecule has 100 valence electrons. The lowest BCUT2D eigenvalue weighted by Crippen LogP contribution is -2.09. The third-order valence-electron chi connectivity index (χ3n) is 3.01. The summed E-state index contributed by atoms with van der Waals surface area (Å²) < 4.78 is 7.33. The molecule has 1 unspecified atom stereocenters. The van der Waals surface area contributed by atoms with E-state index in [0.717, 1.165) is 38.4 Å². The monoisotopic (exact) mass is 271 g/mol. The topological polar surface area (TPSA) is 77.2 Å². The Labute approximate surface area is 110 Å². The Balaban J connectivity index is 1.92. The van der Waals surface area contributed by atoms with Gasteiger partial charge >= 0.3 is 5.97 Å². The first kappa shape index (κ1) is 13.4. The summed E-state index contributed by atoms with van der Waals surface area (Å²) >= 11 is 1.22. The highest BCUT2D eigenvalue weighted by atomic mass is 32.2. The lowest BCUT2D eigenvalue weighted by Gasteiger charge is -2.10. The number of carbonyl (C=O) groups is 1. The van der Waals surface area contributed by atoms with Gasteiger partial charge in [-0.3, -0.25) is 4.79 Å². The molecule has 18 heavy (non-hydrogen) atoms. The number of thioether (sulfide) groups is 1. The minimum atomic E-state index is -0.837. The Hall–Kier alpha value is -1.08. The van der Waals surface area contributed by atoms with E-state index in [4.69, 9.17) is 9.84 Å². The summed E-state index contributed by atoms with van der Waals surface area (Å²) in [6.45, 7) is 4.41. The van der Waals surface area contributed by atoms with Crippen LogP contribution in [0.1, 0.15) is 18.7 Å². The zero-order chi connectivity index (χ0) is 13.0. The van der Waals surface area contributed by atoms with E-state index in [1.807, 2.05) is 11.5 Å². The Morgan fingerprint density at radius 3 is 3.11 bits per heavy atom. The largest absolute Gasteiger partial charge is 0.481 e. The predicted octanol–water partition coefficient (Wildman–Crippen LogP) is 1.19. The number of carboxylic acids is 1. The summed E-state index contributed by atoms with van der Waals surface area (Å²) in [5.41, 5.74) is 0. The molecule has 6 nitrogen and oxygen atoms in total. The summed E-state index contributed by atoms with van der Waals surface area (Å²) in [6.07, 6.45) is 2.14. The van der Waals surface area contributed by atoms with Crippen LogP contribution in [0.25, 0.3) is 0 Å². The predicted molar refractivity (Wildman–Crippen MR) is 66.7 cm³/mol. The third kappa shape index (κ3) is 3.46. The van der Waals surface area contributed by atoms with Gasteiger partial charge in [-0.1, -0.05) is 11.8 Å². The van der Waals surface area contributed by atoms with E-state index in [2.05, 4.69) is 10.2 Å². The van der Waals surface area contributed by atoms with Gasteiger partial charge in [0.25, 0.3) is 0 Å². The van der Waals surface area contributed by atoms with Crippen molar-refractivity contribution in [1.82, 2.24) is 14.8 Å². The number of carboxylic acid groups (broad SMARTS) is 1. The Morgan fingerprint density at radius 2 is 2.44 bits per heavy atom. The zero-order valence-corrected chi connectivity index (χ0v) is 11.2. The van der Waals surface area contributed by atoms with Gasteiger partial charge in [0.1, 0.15) is 5.82 Å². The second kappa shape index (κ2) is 6.19. The van der Waals surface area contributed by atoms with Crippen molar-refractivity contribution < 1.29 is 14.6 Å². The van der Waals surface area contributed by atoms with E-state index in [-0.39, 0.29) is 5.75 Å². The van der Waals surface area contributed by atoms with Crippen LogP contribution in [0.5, 0.6) is 0 Å². The van der Waals surface area contributed by atoms with Crippen molar-refractivity contribution in [2.75, 3.05) is 19.0 Å². The standard InChI is InChI=1S/C11H17N3O3S/c1-8-12-13-11(18-7-10(15)16)14(8)4-2-9-3-5-17-6-9/h9H,2-7H2,1H3,(H,15,16). The van der Waals surface area contributed by atoms with Gasteiger partial charge in [-0.2, -0.15) is 0 Å². The fourth-order valence-electron chi connectivity index (χ4n) is 1.97. The van der Waals surface area contributed by atoms with Crippen molar-refractivity contribution >= 4 is 17.7 Å². The maximum Gasteiger partial charge on any atom is 0.313 e. The maximum absolute atomic E-state index is 10.6. The van der Waals surface area contributed by atoms with Crippen molar-refractivity contribution in [3.05, 3.63) is 5.82 Å². The minimum Gasteiger partial charge on any atom is -0.481 e. The summed E-state index contributed by atoms with van der Waals surface area (Å²) in [5, 5.41) is 17.4. The van der Waals surface area contributed by atoms with Gasteiger partial charge in [-0.25, -0.2) is 0 Å². The van der Waals surface area contributed by atoms with E-state index >= 15 is 0 Å². The first-order valence-electron chi connectivity index (χ1n) is 5.99. The first-order chi connectivity index (χ1) is 8.66. The van der Waals surface area contributed by atoms with Gasteiger partial charge in [0, 0.05) is 19.8 Å². The highest BCUT2D eigenvalue weighted by Gasteiger charge is 2.17. The zero-order valence-electron chi connectivity index (χ0n) is 10.3. The molecular weight excluding hydrogens is 254 g/mol. The van der Waals surface area contributed by atoms with Gasteiger partial charge in [-0.15, -0.1) is 10.2 Å². The van der Waals surface area contributed by atoms with Crippen LogP contribution in [0.2, 0.25) is 0 Å². The third-order valence-corrected chi connectivity index (χ3v) is 3.96. The quantitative estimate of drug-likeness (QED) is 0.783. The molecule has 0 saturated carbocycles. The normalized spacial score (nSPS) is 19.3. The molecule has 0 aromatic carbocycles. The summed E-state index contributed by atoms with van der Waals surface area (Å²) in [4.78, 5) is 10.6. The number of rotatable bonds is 6. The molecule has 7 heteroatoms. The summed E-state index contributed by atoms with van der Waals surface area (Å²) in [7, 11) is 0. The molecule has 1 aromatic heterocycles. The van der Waals surface area contributed by atoms with Crippen molar-refractivity contribution in [2.24, 2.45) is 5.92 Å². The second-order valence-corrected chi connectivity index (χ2v) is 5.32. The molecule has 1 N–H and O–H groups in total. The molecule has 0 spiro atoms. The van der Waals surface area contributed by atoms with Crippen LogP contribution in [0, 0.1) is 12.8 Å². The van der Waals surface area contributed by atoms with E-state index in [0.29, 0.717) is 11.1 Å². The molecule has 0 radical (unpaired) electrons. The number of ether oxygens (including phenoxy) is 1. The van der Waals surface area contributed by atoms with Crippen LogP contribution in [0.3, 0.4) is 0 Å². The van der Waals surface area contributed by atoms with E-state index in [9.17, 15) is 4.79 Å². The van der Waals surface area contributed by atoms with Crippen LogP contribution >= 0.6 is 11.8 Å². The number of hydrogen-bond acceptors (Lipinski definition) is 5. The fraction of sp³-hybridized carbons (Fsp3) is 0.727. The van der Waals surface area contributed by atoms with Crippen LogP contribution in [0.4, 0.5) is 0 Å². The molecule has 1 saturated heterocycles. The van der Waals surface area contributed by atoms with Crippen LogP contribution in [-0.4, -0.2) is 44.8 Å². The second-order valence-electron chi connectivity index (χ2n) is 4.38. The molecule has 1 aliphatic rings. The number of aliphatic carboxylic acids is 1. The van der Waals surface area contributed by atoms with Crippen LogP contribution < -0.4 is 0 Å². The number of aryl methyl sites for hydroxylation is 1. The molecule has 1 aromatic rings. The molecule has 0 amide bonds. The summed E-state index contributed by atoms with van der Waals surface area (Å²) in [5.74, 6) is 0.618. The van der Waals surface area contributed by atoms with E-state index in [1.165, 1.54) is 11.8 Å². The summed E-state index contributed by atoms with van der Waals surface area (Å²) in [6, 6.07) is 0. The van der Waals surface area contributed by atoms with Gasteiger partial charge < -0.3 is 14.4 Å². The molecule has 0 bridgehead atoms. The fourth-order valence-corrected chi connectivity index (χ4v) is 2.71. The maximum atomic E-state index is 10.6. The Bertz CT molecular complexity index is 416. The molecule has 0 aliphatic carbocycles. The molecule has 1 fully saturated rings. The average Bonchev–Trinajstić information content (AvgIpc) is 2.94. The minimum absolute atomic E-state index is 0.0185.